The van der Waals surface area contributed by atoms with Gasteiger partial charge in [-0.05, 0) is 47.5 Å². The molecule has 0 aliphatic carbocycles. The summed E-state index contributed by atoms with van der Waals surface area (Å²) >= 11 is 0. The summed E-state index contributed by atoms with van der Waals surface area (Å²) in [5.74, 6) is -0.399. The van der Waals surface area contributed by atoms with Crippen LogP contribution in [0.25, 0.3) is 0 Å². The second-order valence-electron chi connectivity index (χ2n) is 5.95. The lowest BCUT2D eigenvalue weighted by atomic mass is 10.1. The molecular formula is C22H18N2O3. The number of anilines is 1. The first-order chi connectivity index (χ1) is 13.2. The Morgan fingerprint density at radius 2 is 1.78 bits per heavy atom. The molecule has 3 aromatic carbocycles. The van der Waals surface area contributed by atoms with Gasteiger partial charge in [0.15, 0.2) is 6.04 Å². The lowest BCUT2D eigenvalue weighted by Crippen LogP contribution is -2.20. The van der Waals surface area contributed by atoms with Gasteiger partial charge >= 0.3 is 5.97 Å². The fourth-order valence-corrected chi connectivity index (χ4v) is 2.62. The summed E-state index contributed by atoms with van der Waals surface area (Å²) in [6.07, 6.45) is 0. The maximum atomic E-state index is 11.8. The first-order valence-electron chi connectivity index (χ1n) is 8.42. The maximum absolute atomic E-state index is 11.8. The number of nitrogens with one attached hydrogen (secondary N) is 1. The van der Waals surface area contributed by atoms with Crippen LogP contribution in [0.4, 0.5) is 5.69 Å². The van der Waals surface area contributed by atoms with Crippen LogP contribution in [0, 0.1) is 11.3 Å². The number of ether oxygens (including phenoxy) is 1. The topological polar surface area (TPSA) is 82.4 Å². The zero-order chi connectivity index (χ0) is 19.1. The van der Waals surface area contributed by atoms with Gasteiger partial charge in [-0.2, -0.15) is 5.26 Å². The number of benzene rings is 3. The molecule has 0 amide bonds. The van der Waals surface area contributed by atoms with Crippen LogP contribution in [-0.4, -0.2) is 11.1 Å². The minimum Gasteiger partial charge on any atom is -0.489 e. The third-order valence-corrected chi connectivity index (χ3v) is 4.01. The van der Waals surface area contributed by atoms with E-state index in [2.05, 4.69) is 5.32 Å². The van der Waals surface area contributed by atoms with Crippen molar-refractivity contribution < 1.29 is 14.6 Å². The van der Waals surface area contributed by atoms with E-state index < -0.39 is 12.0 Å². The van der Waals surface area contributed by atoms with E-state index in [9.17, 15) is 9.90 Å². The Balaban J connectivity index is 1.75. The van der Waals surface area contributed by atoms with E-state index in [-0.39, 0.29) is 0 Å². The summed E-state index contributed by atoms with van der Waals surface area (Å²) in [6, 6.07) is 24.5. The van der Waals surface area contributed by atoms with Gasteiger partial charge in [0.2, 0.25) is 0 Å². The van der Waals surface area contributed by atoms with Crippen LogP contribution >= 0.6 is 0 Å². The van der Waals surface area contributed by atoms with Crippen molar-refractivity contribution in [2.45, 2.75) is 12.6 Å². The molecule has 0 radical (unpaired) electrons. The maximum Gasteiger partial charge on any atom is 0.330 e. The van der Waals surface area contributed by atoms with Crippen molar-refractivity contribution in [1.82, 2.24) is 0 Å². The predicted molar refractivity (Wildman–Crippen MR) is 102 cm³/mol. The molecule has 2 N–H and O–H groups in total. The van der Waals surface area contributed by atoms with Crippen LogP contribution in [-0.2, 0) is 11.4 Å². The fourth-order valence-electron chi connectivity index (χ4n) is 2.62. The fraction of sp³-hybridized carbons (Fsp3) is 0.0909. The van der Waals surface area contributed by atoms with E-state index in [1.807, 2.05) is 36.4 Å². The Labute approximate surface area is 157 Å². The molecule has 27 heavy (non-hydrogen) atoms. The summed E-state index contributed by atoms with van der Waals surface area (Å²) in [5, 5.41) is 21.5. The van der Waals surface area contributed by atoms with Gasteiger partial charge in [0.05, 0.1) is 11.6 Å². The molecule has 0 spiro atoms. The summed E-state index contributed by atoms with van der Waals surface area (Å²) in [6.45, 7) is 0.408. The molecule has 5 nitrogen and oxygen atoms in total. The van der Waals surface area contributed by atoms with Gasteiger partial charge in [0.25, 0.3) is 0 Å². The number of carbonyl (C=O) groups is 1. The normalized spacial score (nSPS) is 11.2. The molecule has 1 unspecified atom stereocenters. The molecule has 0 aliphatic rings. The highest BCUT2D eigenvalue weighted by atomic mass is 16.5. The van der Waals surface area contributed by atoms with Crippen molar-refractivity contribution in [3.05, 3.63) is 95.6 Å². The second-order valence-corrected chi connectivity index (χ2v) is 5.95. The molecule has 0 aromatic heterocycles. The molecule has 0 saturated carbocycles. The minimum absolute atomic E-state index is 0.408. The lowest BCUT2D eigenvalue weighted by molar-refractivity contribution is -0.138. The van der Waals surface area contributed by atoms with Crippen LogP contribution in [0.15, 0.2) is 78.9 Å². The van der Waals surface area contributed by atoms with Gasteiger partial charge in [-0.3, -0.25) is 0 Å². The molecule has 0 aliphatic heterocycles. The number of nitriles is 1. The Hall–Kier alpha value is -3.78. The smallest absolute Gasteiger partial charge is 0.330 e. The minimum atomic E-state index is -1.00. The molecule has 3 aromatic rings. The van der Waals surface area contributed by atoms with Crippen molar-refractivity contribution >= 4 is 11.7 Å². The zero-order valence-corrected chi connectivity index (χ0v) is 14.5. The van der Waals surface area contributed by atoms with E-state index >= 15 is 0 Å². The van der Waals surface area contributed by atoms with Crippen molar-refractivity contribution in [2.24, 2.45) is 0 Å². The van der Waals surface area contributed by atoms with Crippen LogP contribution in [0.3, 0.4) is 0 Å². The lowest BCUT2D eigenvalue weighted by Gasteiger charge is -2.17. The molecule has 0 heterocycles. The van der Waals surface area contributed by atoms with Crippen LogP contribution in [0.2, 0.25) is 0 Å². The second kappa shape index (κ2) is 8.54. The number of aliphatic carboxylic acids is 1. The quantitative estimate of drug-likeness (QED) is 0.655. The van der Waals surface area contributed by atoms with E-state index in [1.54, 1.807) is 48.5 Å². The molecule has 5 heteroatoms. The number of nitrogens with zero attached hydrogens (tertiary/aromatic N) is 1. The largest absolute Gasteiger partial charge is 0.489 e. The van der Waals surface area contributed by atoms with E-state index in [0.717, 1.165) is 5.56 Å². The van der Waals surface area contributed by atoms with Gasteiger partial charge in [-0.25, -0.2) is 4.79 Å². The van der Waals surface area contributed by atoms with E-state index in [0.29, 0.717) is 29.2 Å². The van der Waals surface area contributed by atoms with Gasteiger partial charge in [-0.1, -0.05) is 42.5 Å². The highest BCUT2D eigenvalue weighted by molar-refractivity contribution is 5.79. The average Bonchev–Trinajstić information content (AvgIpc) is 2.71. The number of hydrogen-bond donors (Lipinski definition) is 2. The van der Waals surface area contributed by atoms with Crippen molar-refractivity contribution in [3.63, 3.8) is 0 Å². The average molecular weight is 358 g/mol. The number of hydrogen-bond acceptors (Lipinski definition) is 4. The standard InChI is InChI=1S/C22H18N2O3/c23-14-16-9-11-19(12-10-16)24-21(22(25)26)18-7-4-8-20(13-18)27-15-17-5-2-1-3-6-17/h1-13,21,24H,15H2,(H,25,26). The first kappa shape index (κ1) is 18.0. The predicted octanol–water partition coefficient (Wildman–Crippen LogP) is 4.38. The zero-order valence-electron chi connectivity index (χ0n) is 14.5. The molecule has 0 saturated heterocycles. The number of carboxylic acids is 1. The summed E-state index contributed by atoms with van der Waals surface area (Å²) < 4.78 is 5.79. The van der Waals surface area contributed by atoms with Crippen LogP contribution < -0.4 is 10.1 Å². The van der Waals surface area contributed by atoms with Crippen molar-refractivity contribution in [3.8, 4) is 11.8 Å². The molecule has 1 atom stereocenters. The highest BCUT2D eigenvalue weighted by Crippen LogP contribution is 2.24. The molecular weight excluding hydrogens is 340 g/mol. The molecule has 0 fully saturated rings. The van der Waals surface area contributed by atoms with Crippen LogP contribution in [0.1, 0.15) is 22.7 Å². The summed E-state index contributed by atoms with van der Waals surface area (Å²) in [4.78, 5) is 11.8. The summed E-state index contributed by atoms with van der Waals surface area (Å²) in [7, 11) is 0. The Kier molecular flexibility index (Phi) is 5.70. The molecule has 0 bridgehead atoms. The highest BCUT2D eigenvalue weighted by Gasteiger charge is 2.20. The number of rotatable bonds is 7. The Morgan fingerprint density at radius 1 is 1.04 bits per heavy atom. The first-order valence-corrected chi connectivity index (χ1v) is 8.42. The monoisotopic (exact) mass is 358 g/mol. The third kappa shape index (κ3) is 4.86. The van der Waals surface area contributed by atoms with Gasteiger partial charge in [0.1, 0.15) is 12.4 Å². The number of carboxylic acid groups (broad SMARTS) is 1. The molecule has 3 rings (SSSR count). The summed E-state index contributed by atoms with van der Waals surface area (Å²) in [5.41, 5.74) is 2.76. The van der Waals surface area contributed by atoms with Gasteiger partial charge < -0.3 is 15.2 Å². The van der Waals surface area contributed by atoms with Gasteiger partial charge in [-0.15, -0.1) is 0 Å². The third-order valence-electron chi connectivity index (χ3n) is 4.01. The Morgan fingerprint density at radius 3 is 2.44 bits per heavy atom. The Bertz CT molecular complexity index is 947. The molecule has 134 valence electrons. The van der Waals surface area contributed by atoms with E-state index in [4.69, 9.17) is 10.00 Å². The van der Waals surface area contributed by atoms with E-state index in [1.165, 1.54) is 0 Å². The van der Waals surface area contributed by atoms with Crippen molar-refractivity contribution in [2.75, 3.05) is 5.32 Å². The van der Waals surface area contributed by atoms with Crippen LogP contribution in [0.5, 0.6) is 5.75 Å². The SMILES string of the molecule is N#Cc1ccc(NC(C(=O)O)c2cccc(OCc3ccccc3)c2)cc1. The van der Waals surface area contributed by atoms with Gasteiger partial charge in [0, 0.05) is 5.69 Å². The van der Waals surface area contributed by atoms with Crippen molar-refractivity contribution in [1.29, 1.82) is 5.26 Å².